The van der Waals surface area contributed by atoms with Crippen LogP contribution in [0.2, 0.25) is 0 Å². The van der Waals surface area contributed by atoms with Crippen LogP contribution >= 0.6 is 0 Å². The lowest BCUT2D eigenvalue weighted by molar-refractivity contribution is -0.0437. The standard InChI is InChI=1S/C12H16F2O/c1-9(10(2)15)8-12(13,14)11-6-4-3-5-7-11/h3-7,9-10,15H,8H2,1-2H3. The smallest absolute Gasteiger partial charge is 0.273 e. The molecule has 0 saturated carbocycles. The summed E-state index contributed by atoms with van der Waals surface area (Å²) >= 11 is 0. The van der Waals surface area contributed by atoms with Crippen LogP contribution in [0.4, 0.5) is 8.78 Å². The molecule has 1 nitrogen and oxygen atoms in total. The quantitative estimate of drug-likeness (QED) is 0.816. The first-order valence-corrected chi connectivity index (χ1v) is 5.05. The van der Waals surface area contributed by atoms with Crippen molar-refractivity contribution in [2.45, 2.75) is 32.3 Å². The lowest BCUT2D eigenvalue weighted by Gasteiger charge is -2.22. The Morgan fingerprint density at radius 2 is 1.73 bits per heavy atom. The van der Waals surface area contributed by atoms with E-state index in [0.717, 1.165) is 0 Å². The van der Waals surface area contributed by atoms with Crippen molar-refractivity contribution in [3.05, 3.63) is 35.9 Å². The van der Waals surface area contributed by atoms with Gasteiger partial charge in [0.1, 0.15) is 0 Å². The average molecular weight is 214 g/mol. The summed E-state index contributed by atoms with van der Waals surface area (Å²) in [5.41, 5.74) is 0.0116. The first-order valence-electron chi connectivity index (χ1n) is 5.05. The molecule has 0 amide bonds. The number of aliphatic hydroxyl groups is 1. The molecule has 2 atom stereocenters. The summed E-state index contributed by atoms with van der Waals surface area (Å²) < 4.78 is 27.3. The monoisotopic (exact) mass is 214 g/mol. The third kappa shape index (κ3) is 3.27. The van der Waals surface area contributed by atoms with Crippen molar-refractivity contribution in [2.75, 3.05) is 0 Å². The molecular weight excluding hydrogens is 198 g/mol. The third-order valence-corrected chi connectivity index (χ3v) is 2.60. The van der Waals surface area contributed by atoms with Crippen molar-refractivity contribution in [3.8, 4) is 0 Å². The van der Waals surface area contributed by atoms with Gasteiger partial charge >= 0.3 is 0 Å². The van der Waals surface area contributed by atoms with Crippen LogP contribution < -0.4 is 0 Å². The van der Waals surface area contributed by atoms with E-state index in [4.69, 9.17) is 0 Å². The van der Waals surface area contributed by atoms with E-state index >= 15 is 0 Å². The van der Waals surface area contributed by atoms with E-state index < -0.39 is 17.9 Å². The van der Waals surface area contributed by atoms with Gasteiger partial charge in [0.15, 0.2) is 0 Å². The van der Waals surface area contributed by atoms with Crippen LogP contribution in [0.25, 0.3) is 0 Å². The van der Waals surface area contributed by atoms with E-state index in [2.05, 4.69) is 0 Å². The number of halogens is 2. The van der Waals surface area contributed by atoms with E-state index in [9.17, 15) is 13.9 Å². The lowest BCUT2D eigenvalue weighted by atomic mass is 9.94. The van der Waals surface area contributed by atoms with Crippen LogP contribution in [0.15, 0.2) is 30.3 Å². The van der Waals surface area contributed by atoms with Crippen molar-refractivity contribution < 1.29 is 13.9 Å². The second-order valence-corrected chi connectivity index (χ2v) is 3.99. The molecule has 1 rings (SSSR count). The molecule has 0 bridgehead atoms. The van der Waals surface area contributed by atoms with Gasteiger partial charge in [-0.1, -0.05) is 37.3 Å². The van der Waals surface area contributed by atoms with Crippen molar-refractivity contribution >= 4 is 0 Å². The number of benzene rings is 1. The molecule has 0 heterocycles. The predicted molar refractivity (Wildman–Crippen MR) is 55.8 cm³/mol. The Morgan fingerprint density at radius 1 is 1.20 bits per heavy atom. The molecule has 1 aromatic carbocycles. The number of hydrogen-bond acceptors (Lipinski definition) is 1. The van der Waals surface area contributed by atoms with Gasteiger partial charge in [0.2, 0.25) is 0 Å². The first kappa shape index (κ1) is 12.1. The molecular formula is C12H16F2O. The number of alkyl halides is 2. The summed E-state index contributed by atoms with van der Waals surface area (Å²) in [5.74, 6) is -3.28. The molecule has 0 aromatic heterocycles. The molecule has 2 unspecified atom stereocenters. The maximum absolute atomic E-state index is 13.7. The van der Waals surface area contributed by atoms with Crippen LogP contribution in [0.1, 0.15) is 25.8 Å². The topological polar surface area (TPSA) is 20.2 Å². The van der Waals surface area contributed by atoms with Gasteiger partial charge in [0.25, 0.3) is 5.92 Å². The van der Waals surface area contributed by atoms with E-state index in [1.165, 1.54) is 19.1 Å². The fraction of sp³-hybridized carbons (Fsp3) is 0.500. The Kier molecular flexibility index (Phi) is 3.80. The van der Waals surface area contributed by atoms with Gasteiger partial charge in [0, 0.05) is 12.0 Å². The van der Waals surface area contributed by atoms with Gasteiger partial charge in [-0.05, 0) is 12.8 Å². The molecule has 1 N–H and O–H groups in total. The minimum Gasteiger partial charge on any atom is -0.393 e. The first-order chi connectivity index (χ1) is 6.93. The summed E-state index contributed by atoms with van der Waals surface area (Å²) in [6.07, 6.45) is -1.03. The largest absolute Gasteiger partial charge is 0.393 e. The molecule has 0 radical (unpaired) electrons. The minimum absolute atomic E-state index is 0.0116. The lowest BCUT2D eigenvalue weighted by Crippen LogP contribution is -2.23. The van der Waals surface area contributed by atoms with Gasteiger partial charge < -0.3 is 5.11 Å². The summed E-state index contributed by atoms with van der Waals surface area (Å²) in [4.78, 5) is 0. The Bertz CT molecular complexity index is 296. The van der Waals surface area contributed by atoms with Crippen LogP contribution in [0.3, 0.4) is 0 Å². The zero-order chi connectivity index (χ0) is 11.5. The normalized spacial score (nSPS) is 16.1. The van der Waals surface area contributed by atoms with Crippen molar-refractivity contribution in [1.29, 1.82) is 0 Å². The maximum atomic E-state index is 13.7. The number of hydrogen-bond donors (Lipinski definition) is 1. The number of aliphatic hydroxyl groups excluding tert-OH is 1. The van der Waals surface area contributed by atoms with Crippen molar-refractivity contribution in [3.63, 3.8) is 0 Å². The van der Waals surface area contributed by atoms with E-state index in [0.29, 0.717) is 0 Å². The molecule has 3 heteroatoms. The van der Waals surface area contributed by atoms with E-state index in [1.54, 1.807) is 25.1 Å². The predicted octanol–water partition coefficient (Wildman–Crippen LogP) is 3.19. The fourth-order valence-corrected chi connectivity index (χ4v) is 1.37. The Balaban J connectivity index is 2.75. The maximum Gasteiger partial charge on any atom is 0.273 e. The van der Waals surface area contributed by atoms with Crippen LogP contribution in [0.5, 0.6) is 0 Å². The zero-order valence-electron chi connectivity index (χ0n) is 8.95. The van der Waals surface area contributed by atoms with Crippen LogP contribution in [-0.4, -0.2) is 11.2 Å². The van der Waals surface area contributed by atoms with E-state index in [-0.39, 0.29) is 12.0 Å². The second kappa shape index (κ2) is 4.71. The van der Waals surface area contributed by atoms with Crippen LogP contribution in [0, 0.1) is 5.92 Å². The van der Waals surface area contributed by atoms with E-state index in [1.807, 2.05) is 0 Å². The summed E-state index contributed by atoms with van der Waals surface area (Å²) in [7, 11) is 0. The average Bonchev–Trinajstić information content (AvgIpc) is 2.18. The highest BCUT2D eigenvalue weighted by Gasteiger charge is 2.34. The van der Waals surface area contributed by atoms with Gasteiger partial charge in [0.05, 0.1) is 6.10 Å². The molecule has 84 valence electrons. The Hall–Kier alpha value is -0.960. The van der Waals surface area contributed by atoms with Gasteiger partial charge in [-0.2, -0.15) is 0 Å². The highest BCUT2D eigenvalue weighted by molar-refractivity contribution is 5.19. The molecule has 0 saturated heterocycles. The Morgan fingerprint density at radius 3 is 2.20 bits per heavy atom. The summed E-state index contributed by atoms with van der Waals surface area (Å²) in [6, 6.07) is 7.72. The van der Waals surface area contributed by atoms with Crippen LogP contribution in [-0.2, 0) is 5.92 Å². The zero-order valence-corrected chi connectivity index (χ0v) is 8.95. The highest BCUT2D eigenvalue weighted by Crippen LogP contribution is 2.35. The molecule has 15 heavy (non-hydrogen) atoms. The van der Waals surface area contributed by atoms with Crippen molar-refractivity contribution in [2.24, 2.45) is 5.92 Å². The van der Waals surface area contributed by atoms with Gasteiger partial charge in [-0.25, -0.2) is 8.78 Å². The summed E-state index contributed by atoms with van der Waals surface area (Å²) in [5, 5.41) is 9.20. The Labute approximate surface area is 88.7 Å². The highest BCUT2D eigenvalue weighted by atomic mass is 19.3. The van der Waals surface area contributed by atoms with Crippen molar-refractivity contribution in [1.82, 2.24) is 0 Å². The van der Waals surface area contributed by atoms with Gasteiger partial charge in [-0.15, -0.1) is 0 Å². The summed E-state index contributed by atoms with van der Waals surface area (Å²) in [6.45, 7) is 3.16. The third-order valence-electron chi connectivity index (χ3n) is 2.60. The molecule has 0 aliphatic rings. The fourth-order valence-electron chi connectivity index (χ4n) is 1.37. The molecule has 0 spiro atoms. The van der Waals surface area contributed by atoms with Gasteiger partial charge in [-0.3, -0.25) is 0 Å². The second-order valence-electron chi connectivity index (χ2n) is 3.99. The minimum atomic E-state index is -2.86. The molecule has 0 fully saturated rings. The number of rotatable bonds is 4. The molecule has 1 aromatic rings. The SMILES string of the molecule is CC(O)C(C)CC(F)(F)c1ccccc1. The molecule has 0 aliphatic heterocycles. The molecule has 0 aliphatic carbocycles.